The predicted molar refractivity (Wildman–Crippen MR) is 97.9 cm³/mol. The van der Waals surface area contributed by atoms with E-state index in [1.165, 1.54) is 23.3 Å². The molecule has 0 amide bonds. The zero-order valence-corrected chi connectivity index (χ0v) is 14.7. The molecule has 2 N–H and O–H groups in total. The molecule has 0 unspecified atom stereocenters. The van der Waals surface area contributed by atoms with E-state index in [1.54, 1.807) is 0 Å². The number of hydrogen-bond donors (Lipinski definition) is 2. The first-order valence-corrected chi connectivity index (χ1v) is 8.65. The summed E-state index contributed by atoms with van der Waals surface area (Å²) in [4.78, 5) is 0. The van der Waals surface area contributed by atoms with Crippen molar-refractivity contribution >= 4 is 34.6 Å². The number of hydrogen-bond acceptors (Lipinski definition) is 1. The Bertz CT molecular complexity index is 792. The van der Waals surface area contributed by atoms with Gasteiger partial charge in [0, 0.05) is 5.69 Å². The summed E-state index contributed by atoms with van der Waals surface area (Å²) in [5.41, 5.74) is 1.83. The second kappa shape index (κ2) is 7.22. The van der Waals surface area contributed by atoms with Gasteiger partial charge >= 0.3 is 6.18 Å². The molecule has 0 heterocycles. The summed E-state index contributed by atoms with van der Waals surface area (Å²) in [5, 5.41) is 5.98. The summed E-state index contributed by atoms with van der Waals surface area (Å²) < 4.78 is 38.8. The van der Waals surface area contributed by atoms with Crippen molar-refractivity contribution in [3.8, 4) is 0 Å². The first kappa shape index (κ1) is 18.0. The van der Waals surface area contributed by atoms with E-state index in [9.17, 15) is 13.2 Å². The van der Waals surface area contributed by atoms with Gasteiger partial charge in [0.05, 0.1) is 16.6 Å². The third-order valence-corrected chi connectivity index (χ3v) is 4.75. The van der Waals surface area contributed by atoms with Gasteiger partial charge in [0.15, 0.2) is 5.11 Å². The second-order valence-corrected chi connectivity index (χ2v) is 6.75. The van der Waals surface area contributed by atoms with E-state index in [1.807, 2.05) is 12.1 Å². The van der Waals surface area contributed by atoms with Crippen LogP contribution in [0.4, 0.5) is 18.9 Å². The van der Waals surface area contributed by atoms with E-state index in [4.69, 9.17) is 23.8 Å². The van der Waals surface area contributed by atoms with Crippen LogP contribution in [0, 0.1) is 0 Å². The van der Waals surface area contributed by atoms with Crippen molar-refractivity contribution in [1.82, 2.24) is 5.32 Å². The fourth-order valence-corrected chi connectivity index (χ4v) is 3.53. The lowest BCUT2D eigenvalue weighted by molar-refractivity contribution is -0.137. The molecule has 0 bridgehead atoms. The maximum atomic E-state index is 12.9. The molecular formula is C18H16ClF3N2S. The van der Waals surface area contributed by atoms with Gasteiger partial charge in [-0.3, -0.25) is 0 Å². The lowest BCUT2D eigenvalue weighted by atomic mass is 9.88. The van der Waals surface area contributed by atoms with E-state index in [0.717, 1.165) is 25.3 Å². The molecule has 0 radical (unpaired) electrons. The van der Waals surface area contributed by atoms with Gasteiger partial charge in [0.2, 0.25) is 0 Å². The van der Waals surface area contributed by atoms with Crippen molar-refractivity contribution in [1.29, 1.82) is 0 Å². The number of alkyl halides is 3. The van der Waals surface area contributed by atoms with Gasteiger partial charge in [-0.05, 0) is 60.8 Å². The second-order valence-electron chi connectivity index (χ2n) is 5.93. The van der Waals surface area contributed by atoms with E-state index in [0.29, 0.717) is 0 Å². The molecule has 3 rings (SSSR count). The van der Waals surface area contributed by atoms with E-state index >= 15 is 0 Å². The standard InChI is InChI=1S/C18H16ClF3N2S/c19-15-9-8-12(10-14(15)18(20,21)22)23-17(25)24-16-7-3-5-11-4-1-2-6-13(11)16/h1-2,4,6,8-10,16H,3,5,7H2,(H2,23,24,25)/t16-/m1/s1. The van der Waals surface area contributed by atoms with Crippen molar-refractivity contribution in [3.05, 3.63) is 64.2 Å². The van der Waals surface area contributed by atoms with Crippen LogP contribution in [0.3, 0.4) is 0 Å². The summed E-state index contributed by atoms with van der Waals surface area (Å²) in [6.45, 7) is 0. The van der Waals surface area contributed by atoms with Gasteiger partial charge in [-0.15, -0.1) is 0 Å². The SMILES string of the molecule is FC(F)(F)c1cc(NC(=S)N[C@@H]2CCCc3ccccc32)ccc1Cl. The molecule has 0 saturated carbocycles. The van der Waals surface area contributed by atoms with Crippen LogP contribution in [0.5, 0.6) is 0 Å². The van der Waals surface area contributed by atoms with Crippen LogP contribution in [0.2, 0.25) is 5.02 Å². The Hall–Kier alpha value is -1.79. The average Bonchev–Trinajstić information content (AvgIpc) is 2.56. The summed E-state index contributed by atoms with van der Waals surface area (Å²) in [5.74, 6) is 0. The van der Waals surface area contributed by atoms with Crippen LogP contribution in [0.1, 0.15) is 35.6 Å². The fourth-order valence-electron chi connectivity index (χ4n) is 3.05. The Morgan fingerprint density at radius 1 is 1.16 bits per heavy atom. The number of anilines is 1. The van der Waals surface area contributed by atoms with Crippen molar-refractivity contribution < 1.29 is 13.2 Å². The van der Waals surface area contributed by atoms with Crippen LogP contribution in [-0.4, -0.2) is 5.11 Å². The average molecular weight is 385 g/mol. The molecule has 2 aromatic carbocycles. The predicted octanol–water partition coefficient (Wildman–Crippen LogP) is 5.72. The number of aryl methyl sites for hydroxylation is 1. The molecule has 0 aliphatic heterocycles. The number of halogens is 4. The molecule has 7 heteroatoms. The van der Waals surface area contributed by atoms with Gasteiger partial charge in [0.1, 0.15) is 0 Å². The third-order valence-electron chi connectivity index (χ3n) is 4.20. The molecule has 132 valence electrons. The highest BCUT2D eigenvalue weighted by Gasteiger charge is 2.33. The molecule has 0 fully saturated rings. The molecule has 25 heavy (non-hydrogen) atoms. The van der Waals surface area contributed by atoms with Crippen molar-refractivity contribution in [3.63, 3.8) is 0 Å². The molecule has 0 saturated heterocycles. The number of benzene rings is 2. The molecular weight excluding hydrogens is 369 g/mol. The van der Waals surface area contributed by atoms with Crippen molar-refractivity contribution in [2.75, 3.05) is 5.32 Å². The molecule has 0 spiro atoms. The summed E-state index contributed by atoms with van der Waals surface area (Å²) >= 11 is 10.9. The summed E-state index contributed by atoms with van der Waals surface area (Å²) in [7, 11) is 0. The monoisotopic (exact) mass is 384 g/mol. The maximum Gasteiger partial charge on any atom is 0.417 e. The number of thiocarbonyl (C=S) groups is 1. The Balaban J connectivity index is 1.72. The summed E-state index contributed by atoms with van der Waals surface area (Å²) in [6.07, 6.45) is -1.52. The highest BCUT2D eigenvalue weighted by molar-refractivity contribution is 7.80. The van der Waals surface area contributed by atoms with Crippen LogP contribution >= 0.6 is 23.8 Å². The quantitative estimate of drug-likeness (QED) is 0.647. The zero-order valence-electron chi connectivity index (χ0n) is 13.2. The lowest BCUT2D eigenvalue weighted by Crippen LogP contribution is -2.34. The highest BCUT2D eigenvalue weighted by Crippen LogP contribution is 2.36. The lowest BCUT2D eigenvalue weighted by Gasteiger charge is -2.27. The molecule has 2 aromatic rings. The normalized spacial score (nSPS) is 16.9. The molecule has 2 nitrogen and oxygen atoms in total. The van der Waals surface area contributed by atoms with E-state index < -0.39 is 11.7 Å². The summed E-state index contributed by atoms with van der Waals surface area (Å²) in [6, 6.07) is 11.8. The van der Waals surface area contributed by atoms with E-state index in [2.05, 4.69) is 22.8 Å². The van der Waals surface area contributed by atoms with Crippen molar-refractivity contribution in [2.45, 2.75) is 31.5 Å². The largest absolute Gasteiger partial charge is 0.417 e. The Morgan fingerprint density at radius 3 is 2.68 bits per heavy atom. The number of rotatable bonds is 2. The molecule has 1 atom stereocenters. The smallest absolute Gasteiger partial charge is 0.356 e. The Morgan fingerprint density at radius 2 is 1.92 bits per heavy atom. The number of fused-ring (bicyclic) bond motifs is 1. The van der Waals surface area contributed by atoms with Gasteiger partial charge in [-0.1, -0.05) is 35.9 Å². The maximum absolute atomic E-state index is 12.9. The van der Waals surface area contributed by atoms with Crippen LogP contribution < -0.4 is 10.6 Å². The minimum atomic E-state index is -4.51. The Kier molecular flexibility index (Phi) is 5.20. The van der Waals surface area contributed by atoms with Gasteiger partial charge in [-0.2, -0.15) is 13.2 Å². The third kappa shape index (κ3) is 4.25. The molecule has 1 aliphatic carbocycles. The van der Waals surface area contributed by atoms with Crippen LogP contribution in [0.25, 0.3) is 0 Å². The first-order valence-electron chi connectivity index (χ1n) is 7.86. The Labute approximate surface area is 154 Å². The van der Waals surface area contributed by atoms with Crippen LogP contribution in [0.15, 0.2) is 42.5 Å². The van der Waals surface area contributed by atoms with Crippen LogP contribution in [-0.2, 0) is 12.6 Å². The molecule has 0 aromatic heterocycles. The fraction of sp³-hybridized carbons (Fsp3) is 0.278. The highest BCUT2D eigenvalue weighted by atomic mass is 35.5. The van der Waals surface area contributed by atoms with Gasteiger partial charge < -0.3 is 10.6 Å². The molecule has 1 aliphatic rings. The first-order chi connectivity index (χ1) is 11.8. The van der Waals surface area contributed by atoms with Gasteiger partial charge in [-0.25, -0.2) is 0 Å². The van der Waals surface area contributed by atoms with Gasteiger partial charge in [0.25, 0.3) is 0 Å². The van der Waals surface area contributed by atoms with E-state index in [-0.39, 0.29) is 21.9 Å². The minimum Gasteiger partial charge on any atom is -0.356 e. The topological polar surface area (TPSA) is 24.1 Å². The zero-order chi connectivity index (χ0) is 18.0. The van der Waals surface area contributed by atoms with Crippen molar-refractivity contribution in [2.24, 2.45) is 0 Å². The minimum absolute atomic E-state index is 0.0549. The number of nitrogens with one attached hydrogen (secondary N) is 2.